The van der Waals surface area contributed by atoms with Crippen LogP contribution in [0.2, 0.25) is 5.02 Å². The predicted molar refractivity (Wildman–Crippen MR) is 77.4 cm³/mol. The van der Waals surface area contributed by atoms with Gasteiger partial charge in [0.2, 0.25) is 0 Å². The number of nitrogens with zero attached hydrogens (tertiary/aromatic N) is 3. The molecule has 0 aliphatic rings. The quantitative estimate of drug-likeness (QED) is 0.806. The summed E-state index contributed by atoms with van der Waals surface area (Å²) in [5.74, 6) is 0.557. The average molecular weight is 304 g/mol. The molecule has 0 radical (unpaired) electrons. The molecule has 0 N–H and O–H groups in total. The van der Waals surface area contributed by atoms with Crippen LogP contribution in [0.5, 0.6) is 0 Å². The second-order valence-corrected chi connectivity index (χ2v) is 5.51. The van der Waals surface area contributed by atoms with Crippen LogP contribution in [-0.4, -0.2) is 34.6 Å². The van der Waals surface area contributed by atoms with Crippen molar-refractivity contribution < 1.29 is 4.39 Å². The van der Waals surface area contributed by atoms with E-state index in [-0.39, 0.29) is 10.9 Å². The molecular weight excluding hydrogens is 288 g/mol. The van der Waals surface area contributed by atoms with Gasteiger partial charge >= 0.3 is 0 Å². The van der Waals surface area contributed by atoms with Gasteiger partial charge in [-0.15, -0.1) is 11.6 Å². The highest BCUT2D eigenvalue weighted by Gasteiger charge is 2.15. The molecule has 19 heavy (non-hydrogen) atoms. The molecule has 0 saturated heterocycles. The molecule has 0 aliphatic heterocycles. The standard InChI is InChI=1S/C13H16Cl2FN3/c1-8(18(2)3)7-19-12-4-9(15)10(16)5-11(12)17-13(19)6-14/h4-5,8H,6-7H2,1-3H3. The van der Waals surface area contributed by atoms with Crippen LogP contribution in [0, 0.1) is 5.82 Å². The minimum atomic E-state index is -0.458. The zero-order chi connectivity index (χ0) is 14.2. The zero-order valence-corrected chi connectivity index (χ0v) is 12.6. The molecule has 0 saturated carbocycles. The highest BCUT2D eigenvalue weighted by atomic mass is 35.5. The van der Waals surface area contributed by atoms with Gasteiger partial charge in [0, 0.05) is 18.7 Å². The molecule has 0 aliphatic carbocycles. The summed E-state index contributed by atoms with van der Waals surface area (Å²) in [6, 6.07) is 3.27. The van der Waals surface area contributed by atoms with E-state index in [0.717, 1.165) is 17.9 Å². The van der Waals surface area contributed by atoms with Crippen molar-refractivity contribution in [3.8, 4) is 0 Å². The van der Waals surface area contributed by atoms with Crippen LogP contribution >= 0.6 is 23.2 Å². The number of hydrogen-bond donors (Lipinski definition) is 0. The lowest BCUT2D eigenvalue weighted by Crippen LogP contribution is -2.29. The van der Waals surface area contributed by atoms with E-state index in [2.05, 4.69) is 16.8 Å². The molecule has 0 bridgehead atoms. The summed E-state index contributed by atoms with van der Waals surface area (Å²) in [6.45, 7) is 2.84. The van der Waals surface area contributed by atoms with E-state index in [4.69, 9.17) is 23.2 Å². The van der Waals surface area contributed by atoms with Crippen molar-refractivity contribution in [2.75, 3.05) is 14.1 Å². The van der Waals surface area contributed by atoms with E-state index in [1.165, 1.54) is 6.07 Å². The van der Waals surface area contributed by atoms with Crippen molar-refractivity contribution in [1.82, 2.24) is 14.5 Å². The number of alkyl halides is 1. The fraction of sp³-hybridized carbons (Fsp3) is 0.462. The van der Waals surface area contributed by atoms with Crippen molar-refractivity contribution in [3.63, 3.8) is 0 Å². The third-order valence-corrected chi connectivity index (χ3v) is 3.85. The highest BCUT2D eigenvalue weighted by molar-refractivity contribution is 6.31. The summed E-state index contributed by atoms with van der Waals surface area (Å²) < 4.78 is 15.5. The van der Waals surface area contributed by atoms with Gasteiger partial charge in [0.25, 0.3) is 0 Å². The molecule has 2 rings (SSSR count). The molecular formula is C13H16Cl2FN3. The number of halogens is 3. The first kappa shape index (κ1) is 14.6. The minimum Gasteiger partial charge on any atom is -0.325 e. The molecule has 2 aromatic rings. The average Bonchev–Trinajstić information content (AvgIpc) is 2.67. The first-order chi connectivity index (χ1) is 8.93. The van der Waals surface area contributed by atoms with Gasteiger partial charge in [-0.05, 0) is 27.1 Å². The number of benzene rings is 1. The summed E-state index contributed by atoms with van der Waals surface area (Å²) in [5.41, 5.74) is 1.40. The zero-order valence-electron chi connectivity index (χ0n) is 11.1. The SMILES string of the molecule is CC(Cn1c(CCl)nc2cc(F)c(Cl)cc21)N(C)C. The van der Waals surface area contributed by atoms with Crippen molar-refractivity contribution in [1.29, 1.82) is 0 Å². The monoisotopic (exact) mass is 303 g/mol. The molecule has 3 nitrogen and oxygen atoms in total. The highest BCUT2D eigenvalue weighted by Crippen LogP contribution is 2.25. The molecule has 1 aromatic carbocycles. The van der Waals surface area contributed by atoms with Gasteiger partial charge in [-0.1, -0.05) is 11.6 Å². The summed E-state index contributed by atoms with van der Waals surface area (Å²) in [7, 11) is 4.02. The van der Waals surface area contributed by atoms with Crippen LogP contribution in [0.3, 0.4) is 0 Å². The summed E-state index contributed by atoms with van der Waals surface area (Å²) >= 11 is 11.8. The Labute approximate surface area is 121 Å². The van der Waals surface area contributed by atoms with E-state index >= 15 is 0 Å². The number of aromatic nitrogens is 2. The minimum absolute atomic E-state index is 0.104. The largest absolute Gasteiger partial charge is 0.325 e. The lowest BCUT2D eigenvalue weighted by molar-refractivity contribution is 0.284. The fourth-order valence-corrected chi connectivity index (χ4v) is 2.27. The van der Waals surface area contributed by atoms with Gasteiger partial charge < -0.3 is 9.47 Å². The second kappa shape index (κ2) is 5.65. The summed E-state index contributed by atoms with van der Waals surface area (Å²) in [5, 5.41) is 0.104. The number of rotatable bonds is 4. The third kappa shape index (κ3) is 2.86. The van der Waals surface area contributed by atoms with Crippen molar-refractivity contribution >= 4 is 34.2 Å². The van der Waals surface area contributed by atoms with Crippen LogP contribution < -0.4 is 0 Å². The number of hydrogen-bond acceptors (Lipinski definition) is 2. The molecule has 0 amide bonds. The van der Waals surface area contributed by atoms with Crippen LogP contribution in [0.4, 0.5) is 4.39 Å². The van der Waals surface area contributed by atoms with Crippen molar-refractivity contribution in [2.45, 2.75) is 25.4 Å². The molecule has 6 heteroatoms. The Balaban J connectivity index is 2.53. The maximum atomic E-state index is 13.5. The molecule has 0 spiro atoms. The van der Waals surface area contributed by atoms with Crippen LogP contribution in [0.25, 0.3) is 11.0 Å². The third-order valence-electron chi connectivity index (χ3n) is 3.32. The maximum absolute atomic E-state index is 13.5. The van der Waals surface area contributed by atoms with E-state index in [1.807, 2.05) is 18.7 Å². The Hall–Kier alpha value is -0.840. The smallest absolute Gasteiger partial charge is 0.144 e. The Morgan fingerprint density at radius 3 is 2.68 bits per heavy atom. The Bertz CT molecular complexity index is 595. The van der Waals surface area contributed by atoms with Gasteiger partial charge in [0.05, 0.1) is 21.9 Å². The normalized spacial score (nSPS) is 13.4. The Morgan fingerprint density at radius 2 is 2.11 bits per heavy atom. The molecule has 1 atom stereocenters. The van der Waals surface area contributed by atoms with Gasteiger partial charge in [-0.25, -0.2) is 9.37 Å². The summed E-state index contributed by atoms with van der Waals surface area (Å²) in [6.07, 6.45) is 0. The molecule has 1 unspecified atom stereocenters. The van der Waals surface area contributed by atoms with Crippen LogP contribution in [-0.2, 0) is 12.4 Å². The summed E-state index contributed by atoms with van der Waals surface area (Å²) in [4.78, 5) is 6.47. The Morgan fingerprint density at radius 1 is 1.42 bits per heavy atom. The van der Waals surface area contributed by atoms with Crippen molar-refractivity contribution in [2.24, 2.45) is 0 Å². The van der Waals surface area contributed by atoms with E-state index in [1.54, 1.807) is 6.07 Å². The van der Waals surface area contributed by atoms with Gasteiger partial charge in [0.1, 0.15) is 11.6 Å². The molecule has 1 heterocycles. The van der Waals surface area contributed by atoms with Crippen LogP contribution in [0.15, 0.2) is 12.1 Å². The second-order valence-electron chi connectivity index (χ2n) is 4.84. The van der Waals surface area contributed by atoms with E-state index < -0.39 is 5.82 Å². The topological polar surface area (TPSA) is 21.1 Å². The molecule has 1 aromatic heterocycles. The maximum Gasteiger partial charge on any atom is 0.144 e. The fourth-order valence-electron chi connectivity index (χ4n) is 1.90. The van der Waals surface area contributed by atoms with Gasteiger partial charge in [-0.2, -0.15) is 0 Å². The Kier molecular flexibility index (Phi) is 4.33. The predicted octanol–water partition coefficient (Wildman–Crippen LogP) is 3.52. The lowest BCUT2D eigenvalue weighted by Gasteiger charge is -2.21. The van der Waals surface area contributed by atoms with Gasteiger partial charge in [-0.3, -0.25) is 0 Å². The first-order valence-electron chi connectivity index (χ1n) is 6.00. The van der Waals surface area contributed by atoms with Crippen molar-refractivity contribution in [3.05, 3.63) is 28.8 Å². The van der Waals surface area contributed by atoms with Crippen LogP contribution in [0.1, 0.15) is 12.7 Å². The van der Waals surface area contributed by atoms with E-state index in [9.17, 15) is 4.39 Å². The molecule has 0 fully saturated rings. The lowest BCUT2D eigenvalue weighted by atomic mass is 10.2. The first-order valence-corrected chi connectivity index (χ1v) is 6.91. The number of likely N-dealkylation sites (N-methyl/N-ethyl adjacent to an activating group) is 1. The number of imidazole rings is 1. The van der Waals surface area contributed by atoms with E-state index in [0.29, 0.717) is 11.6 Å². The molecule has 104 valence electrons. The number of fused-ring (bicyclic) bond motifs is 1. The van der Waals surface area contributed by atoms with Gasteiger partial charge in [0.15, 0.2) is 0 Å².